The summed E-state index contributed by atoms with van der Waals surface area (Å²) < 4.78 is 0. The van der Waals surface area contributed by atoms with Gasteiger partial charge in [0.25, 0.3) is 0 Å². The molecule has 2 N–H and O–H groups in total. The molecule has 0 saturated heterocycles. The van der Waals surface area contributed by atoms with E-state index in [9.17, 15) is 9.90 Å². The van der Waals surface area contributed by atoms with Crippen molar-refractivity contribution in [2.24, 2.45) is 0 Å². The molecule has 1 amide bonds. The molecule has 0 atom stereocenters. The molecule has 0 bridgehead atoms. The zero-order valence-electron chi connectivity index (χ0n) is 13.2. The molecule has 1 aliphatic carbocycles. The Kier molecular flexibility index (Phi) is 4.88. The molecule has 1 aromatic rings. The molecule has 0 radical (unpaired) electrons. The van der Waals surface area contributed by atoms with Crippen LogP contribution < -0.4 is 5.32 Å². The second kappa shape index (κ2) is 6.48. The van der Waals surface area contributed by atoms with Gasteiger partial charge in [-0.25, -0.2) is 0 Å². The number of phenolic OH excluding ortho intramolecular Hbond substituents is 1. The number of amides is 1. The molecule has 1 saturated carbocycles. The van der Waals surface area contributed by atoms with Crippen molar-refractivity contribution in [1.82, 2.24) is 10.2 Å². The summed E-state index contributed by atoms with van der Waals surface area (Å²) in [7, 11) is 0. The minimum Gasteiger partial charge on any atom is -0.508 e. The molecule has 116 valence electrons. The molecular formula is C17H26N2O2. The van der Waals surface area contributed by atoms with E-state index in [1.54, 1.807) is 12.1 Å². The molecule has 0 aromatic heterocycles. The van der Waals surface area contributed by atoms with Gasteiger partial charge in [0, 0.05) is 31.1 Å². The number of hydrogen-bond donors (Lipinski definition) is 2. The van der Waals surface area contributed by atoms with Crippen molar-refractivity contribution in [1.29, 1.82) is 0 Å². The number of carbonyl (C=O) groups excluding carboxylic acids is 1. The molecular weight excluding hydrogens is 264 g/mol. The molecule has 1 aromatic carbocycles. The van der Waals surface area contributed by atoms with Crippen LogP contribution in [-0.4, -0.2) is 34.0 Å². The van der Waals surface area contributed by atoms with Crippen molar-refractivity contribution in [2.45, 2.75) is 58.2 Å². The SMILES string of the molecule is CC(C)(C)NCCC(=O)N(Cc1cccc(O)c1)C1CC1. The molecule has 4 heteroatoms. The Morgan fingerprint density at radius 1 is 1.38 bits per heavy atom. The minimum absolute atomic E-state index is 0.0376. The summed E-state index contributed by atoms with van der Waals surface area (Å²) in [4.78, 5) is 14.4. The molecule has 1 aliphatic rings. The van der Waals surface area contributed by atoms with Crippen LogP contribution in [0, 0.1) is 0 Å². The van der Waals surface area contributed by atoms with Crippen LogP contribution in [-0.2, 0) is 11.3 Å². The third-order valence-corrected chi connectivity index (χ3v) is 3.57. The van der Waals surface area contributed by atoms with Crippen molar-refractivity contribution < 1.29 is 9.90 Å². The number of nitrogens with zero attached hydrogens (tertiary/aromatic N) is 1. The maximum absolute atomic E-state index is 12.4. The highest BCUT2D eigenvalue weighted by atomic mass is 16.3. The molecule has 4 nitrogen and oxygen atoms in total. The van der Waals surface area contributed by atoms with Gasteiger partial charge in [-0.05, 0) is 51.3 Å². The fourth-order valence-corrected chi connectivity index (χ4v) is 2.35. The van der Waals surface area contributed by atoms with Crippen LogP contribution in [0.4, 0.5) is 0 Å². The van der Waals surface area contributed by atoms with Crippen molar-refractivity contribution >= 4 is 5.91 Å². The van der Waals surface area contributed by atoms with Crippen molar-refractivity contribution in [3.8, 4) is 5.75 Å². The quantitative estimate of drug-likeness (QED) is 0.847. The predicted octanol–water partition coefficient (Wildman–Crippen LogP) is 2.66. The van der Waals surface area contributed by atoms with E-state index in [2.05, 4.69) is 26.1 Å². The molecule has 0 heterocycles. The summed E-state index contributed by atoms with van der Waals surface area (Å²) in [5.74, 6) is 0.447. The van der Waals surface area contributed by atoms with Gasteiger partial charge in [-0.1, -0.05) is 12.1 Å². The number of benzene rings is 1. The maximum atomic E-state index is 12.4. The van der Waals surface area contributed by atoms with Crippen molar-refractivity contribution in [2.75, 3.05) is 6.54 Å². The summed E-state index contributed by atoms with van der Waals surface area (Å²) in [5, 5.41) is 12.9. The number of rotatable bonds is 6. The Morgan fingerprint density at radius 3 is 2.67 bits per heavy atom. The van der Waals surface area contributed by atoms with Crippen molar-refractivity contribution in [3.63, 3.8) is 0 Å². The van der Waals surface area contributed by atoms with Crippen molar-refractivity contribution in [3.05, 3.63) is 29.8 Å². The normalized spacial score (nSPS) is 15.0. The lowest BCUT2D eigenvalue weighted by Gasteiger charge is -2.25. The van der Waals surface area contributed by atoms with Gasteiger partial charge in [0.05, 0.1) is 0 Å². The Balaban J connectivity index is 1.91. The molecule has 0 aliphatic heterocycles. The Hall–Kier alpha value is -1.55. The first-order chi connectivity index (χ1) is 9.85. The average Bonchev–Trinajstić information content (AvgIpc) is 3.18. The van der Waals surface area contributed by atoms with Gasteiger partial charge >= 0.3 is 0 Å². The maximum Gasteiger partial charge on any atom is 0.224 e. The summed E-state index contributed by atoms with van der Waals surface area (Å²) in [5.41, 5.74) is 1.02. The predicted molar refractivity (Wildman–Crippen MR) is 84.1 cm³/mol. The summed E-state index contributed by atoms with van der Waals surface area (Å²) in [6.45, 7) is 7.59. The molecule has 0 unspecified atom stereocenters. The highest BCUT2D eigenvalue weighted by Gasteiger charge is 2.32. The van der Waals surface area contributed by atoms with Crippen LogP contribution in [0.15, 0.2) is 24.3 Å². The van der Waals surface area contributed by atoms with Crippen LogP contribution >= 0.6 is 0 Å². The van der Waals surface area contributed by atoms with Crippen LogP contribution in [0.25, 0.3) is 0 Å². The zero-order valence-corrected chi connectivity index (χ0v) is 13.2. The second-order valence-electron chi connectivity index (χ2n) is 6.85. The van der Waals surface area contributed by atoms with E-state index in [1.165, 1.54) is 0 Å². The Labute approximate surface area is 127 Å². The van der Waals surface area contributed by atoms with E-state index < -0.39 is 0 Å². The lowest BCUT2D eigenvalue weighted by molar-refractivity contribution is -0.132. The first-order valence-corrected chi connectivity index (χ1v) is 7.67. The smallest absolute Gasteiger partial charge is 0.224 e. The van der Waals surface area contributed by atoms with Gasteiger partial charge in [0.15, 0.2) is 0 Å². The number of nitrogens with one attached hydrogen (secondary N) is 1. The van der Waals surface area contributed by atoms with Crippen LogP contribution in [0.1, 0.15) is 45.6 Å². The van der Waals surface area contributed by atoms with E-state index >= 15 is 0 Å². The third kappa shape index (κ3) is 5.38. The summed E-state index contributed by atoms with van der Waals surface area (Å²) >= 11 is 0. The molecule has 0 spiro atoms. The first-order valence-electron chi connectivity index (χ1n) is 7.67. The fourth-order valence-electron chi connectivity index (χ4n) is 2.35. The lowest BCUT2D eigenvalue weighted by atomic mass is 10.1. The number of carbonyl (C=O) groups is 1. The van der Waals surface area contributed by atoms with E-state index in [0.29, 0.717) is 25.6 Å². The van der Waals surface area contributed by atoms with Gasteiger partial charge in [0.1, 0.15) is 5.75 Å². The number of aromatic hydroxyl groups is 1. The molecule has 1 fully saturated rings. The van der Waals surface area contributed by atoms with E-state index in [0.717, 1.165) is 18.4 Å². The largest absolute Gasteiger partial charge is 0.508 e. The molecule has 21 heavy (non-hydrogen) atoms. The minimum atomic E-state index is 0.0376. The monoisotopic (exact) mass is 290 g/mol. The highest BCUT2D eigenvalue weighted by molar-refractivity contribution is 5.77. The van der Waals surface area contributed by atoms with Gasteiger partial charge in [-0.3, -0.25) is 4.79 Å². The fraction of sp³-hybridized carbons (Fsp3) is 0.588. The van der Waals surface area contributed by atoms with E-state index in [1.807, 2.05) is 17.0 Å². The number of hydrogen-bond acceptors (Lipinski definition) is 3. The number of phenols is 1. The van der Waals surface area contributed by atoms with Gasteiger partial charge in [-0.15, -0.1) is 0 Å². The summed E-state index contributed by atoms with van der Waals surface area (Å²) in [6, 6.07) is 7.54. The first kappa shape index (κ1) is 15.8. The van der Waals surface area contributed by atoms with Gasteiger partial charge in [-0.2, -0.15) is 0 Å². The van der Waals surface area contributed by atoms with E-state index in [-0.39, 0.29) is 17.2 Å². The van der Waals surface area contributed by atoms with Gasteiger partial charge < -0.3 is 15.3 Å². The standard InChI is InChI=1S/C17H26N2O2/c1-17(2,3)18-10-9-16(21)19(14-7-8-14)12-13-5-4-6-15(20)11-13/h4-6,11,14,18,20H,7-10,12H2,1-3H3. The third-order valence-electron chi connectivity index (χ3n) is 3.57. The second-order valence-corrected chi connectivity index (χ2v) is 6.85. The Morgan fingerprint density at radius 2 is 2.10 bits per heavy atom. The molecule has 2 rings (SSSR count). The Bertz CT molecular complexity index is 490. The van der Waals surface area contributed by atoms with Gasteiger partial charge in [0.2, 0.25) is 5.91 Å². The average molecular weight is 290 g/mol. The zero-order chi connectivity index (χ0) is 15.5. The topological polar surface area (TPSA) is 52.6 Å². The highest BCUT2D eigenvalue weighted by Crippen LogP contribution is 2.29. The lowest BCUT2D eigenvalue weighted by Crippen LogP contribution is -2.40. The van der Waals surface area contributed by atoms with Crippen LogP contribution in [0.3, 0.4) is 0 Å². The van der Waals surface area contributed by atoms with Crippen LogP contribution in [0.2, 0.25) is 0 Å². The van der Waals surface area contributed by atoms with Crippen LogP contribution in [0.5, 0.6) is 5.75 Å². The summed E-state index contributed by atoms with van der Waals surface area (Å²) in [6.07, 6.45) is 2.71. The van der Waals surface area contributed by atoms with E-state index in [4.69, 9.17) is 0 Å².